The molecule has 1 atom stereocenters. The molecule has 0 saturated heterocycles. The maximum absolute atomic E-state index is 14.7. The second-order valence-electron chi connectivity index (χ2n) is 7.89. The van der Waals surface area contributed by atoms with Crippen LogP contribution in [0.1, 0.15) is 45.3 Å². The van der Waals surface area contributed by atoms with E-state index in [1.54, 1.807) is 0 Å². The molecule has 0 aliphatic heterocycles. The Balaban J connectivity index is 1.44. The minimum atomic E-state index is -4.64. The molecule has 188 valence electrons. The normalized spacial score (nSPS) is 14.8. The largest absolute Gasteiger partial charge is 0.443 e. The molecule has 1 aliphatic carbocycles. The van der Waals surface area contributed by atoms with Crippen molar-refractivity contribution in [2.75, 3.05) is 5.32 Å². The Labute approximate surface area is 206 Å². The predicted octanol–water partition coefficient (Wildman–Crippen LogP) is 6.20. The molecule has 6 nitrogen and oxygen atoms in total. The number of hydrogen-bond acceptors (Lipinski definition) is 4. The quantitative estimate of drug-likeness (QED) is 0.389. The van der Waals surface area contributed by atoms with Crippen LogP contribution < -0.4 is 10.6 Å². The second-order valence-corrected chi connectivity index (χ2v) is 8.30. The van der Waals surface area contributed by atoms with E-state index in [1.165, 1.54) is 24.3 Å². The van der Waals surface area contributed by atoms with Crippen LogP contribution in [0.25, 0.3) is 0 Å². The monoisotopic (exact) mass is 525 g/mol. The van der Waals surface area contributed by atoms with Crippen LogP contribution in [-0.4, -0.2) is 17.0 Å². The van der Waals surface area contributed by atoms with E-state index in [-0.39, 0.29) is 40.4 Å². The zero-order valence-corrected chi connectivity index (χ0v) is 19.0. The molecule has 0 spiro atoms. The summed E-state index contributed by atoms with van der Waals surface area (Å²) in [6.45, 7) is -0.527. The molecular formula is C24H17ClF5N3O3. The average molecular weight is 526 g/mol. The number of aromatic nitrogens is 1. The van der Waals surface area contributed by atoms with Crippen LogP contribution in [0.5, 0.6) is 0 Å². The van der Waals surface area contributed by atoms with E-state index < -0.39 is 48.2 Å². The number of fused-ring (bicyclic) bond motifs is 1. The zero-order valence-electron chi connectivity index (χ0n) is 18.3. The summed E-state index contributed by atoms with van der Waals surface area (Å²) in [6.07, 6.45) is -5.10. The molecule has 0 unspecified atom stereocenters. The maximum Gasteiger partial charge on any atom is 0.433 e. The van der Waals surface area contributed by atoms with Gasteiger partial charge in [-0.05, 0) is 60.9 Å². The van der Waals surface area contributed by atoms with E-state index in [4.69, 9.17) is 16.3 Å². The number of alkyl carbamates (subject to hydrolysis) is 1. The van der Waals surface area contributed by atoms with Crippen LogP contribution in [-0.2, 0) is 23.9 Å². The lowest BCUT2D eigenvalue weighted by Gasteiger charge is -2.16. The summed E-state index contributed by atoms with van der Waals surface area (Å²) in [5, 5.41) is 4.87. The van der Waals surface area contributed by atoms with Gasteiger partial charge in [-0.2, -0.15) is 13.2 Å². The third kappa shape index (κ3) is 5.56. The van der Waals surface area contributed by atoms with Crippen molar-refractivity contribution < 1.29 is 36.3 Å². The highest BCUT2D eigenvalue weighted by Gasteiger charge is 2.33. The number of ether oxygens (including phenoxy) is 1. The minimum absolute atomic E-state index is 0.105. The number of anilines is 1. The number of carbonyl (C=O) groups excluding carboxylic acids is 2. The smallest absolute Gasteiger partial charge is 0.433 e. The van der Waals surface area contributed by atoms with E-state index in [0.717, 1.165) is 24.3 Å². The summed E-state index contributed by atoms with van der Waals surface area (Å²) in [7, 11) is 0. The Bertz CT molecular complexity index is 1330. The van der Waals surface area contributed by atoms with Gasteiger partial charge in [0.1, 0.15) is 23.9 Å². The summed E-state index contributed by atoms with van der Waals surface area (Å²) >= 11 is 5.74. The average Bonchev–Trinajstić information content (AvgIpc) is 3.24. The first kappa shape index (κ1) is 25.4. The van der Waals surface area contributed by atoms with Gasteiger partial charge in [-0.15, -0.1) is 0 Å². The zero-order chi connectivity index (χ0) is 26.0. The lowest BCUT2D eigenvalue weighted by molar-refractivity contribution is -0.141. The molecule has 0 bridgehead atoms. The molecule has 2 N–H and O–H groups in total. The molecule has 0 radical (unpaired) electrons. The van der Waals surface area contributed by atoms with E-state index in [0.29, 0.717) is 5.56 Å². The van der Waals surface area contributed by atoms with Crippen molar-refractivity contribution in [2.24, 2.45) is 0 Å². The van der Waals surface area contributed by atoms with E-state index in [1.807, 2.05) is 0 Å². The fourth-order valence-electron chi connectivity index (χ4n) is 3.89. The Hall–Kier alpha value is -3.73. The highest BCUT2D eigenvalue weighted by atomic mass is 35.5. The molecular weight excluding hydrogens is 509 g/mol. The van der Waals surface area contributed by atoms with Crippen molar-refractivity contribution in [3.8, 4) is 0 Å². The molecule has 36 heavy (non-hydrogen) atoms. The topological polar surface area (TPSA) is 80.3 Å². The number of nitrogens with one attached hydrogen (secondary N) is 2. The van der Waals surface area contributed by atoms with Crippen molar-refractivity contribution in [1.29, 1.82) is 0 Å². The third-order valence-corrected chi connectivity index (χ3v) is 5.79. The number of pyridine rings is 1. The molecule has 0 saturated carbocycles. The Morgan fingerprint density at radius 2 is 1.83 bits per heavy atom. The van der Waals surface area contributed by atoms with E-state index in [9.17, 15) is 31.5 Å². The van der Waals surface area contributed by atoms with Gasteiger partial charge >= 0.3 is 12.3 Å². The van der Waals surface area contributed by atoms with Gasteiger partial charge in [0.15, 0.2) is 0 Å². The summed E-state index contributed by atoms with van der Waals surface area (Å²) in [4.78, 5) is 28.5. The standard InChI is InChI=1S/C24H17ClF5N3O3/c25-16-10-12(4-7-17(16)26)32-22(34)15-5-8-18(27)21-14(15)6-9-19(21)33-23(35)36-11-13-2-1-3-20(31-13)24(28,29)30/h1-5,7-8,10,19H,6,9,11H2,(H,32,34)(H,33,35)/t19-/m0/s1. The van der Waals surface area contributed by atoms with Crippen molar-refractivity contribution in [1.82, 2.24) is 10.3 Å². The summed E-state index contributed by atoms with van der Waals surface area (Å²) in [5.74, 6) is -1.87. The van der Waals surface area contributed by atoms with Gasteiger partial charge in [0.25, 0.3) is 5.91 Å². The second kappa shape index (κ2) is 10.1. The predicted molar refractivity (Wildman–Crippen MR) is 119 cm³/mol. The first-order valence-corrected chi connectivity index (χ1v) is 10.9. The van der Waals surface area contributed by atoms with Gasteiger partial charge in [-0.1, -0.05) is 17.7 Å². The Morgan fingerprint density at radius 1 is 1.08 bits per heavy atom. The molecule has 4 rings (SSSR count). The number of rotatable bonds is 5. The summed E-state index contributed by atoms with van der Waals surface area (Å²) in [5.41, 5.74) is -0.344. The molecule has 2 aromatic carbocycles. The number of nitrogens with zero attached hydrogens (tertiary/aromatic N) is 1. The van der Waals surface area contributed by atoms with Gasteiger partial charge in [-0.3, -0.25) is 4.79 Å². The maximum atomic E-state index is 14.7. The van der Waals surface area contributed by atoms with Crippen molar-refractivity contribution in [3.63, 3.8) is 0 Å². The molecule has 12 heteroatoms. The minimum Gasteiger partial charge on any atom is -0.443 e. The van der Waals surface area contributed by atoms with E-state index >= 15 is 0 Å². The number of carbonyl (C=O) groups is 2. The van der Waals surface area contributed by atoms with Crippen LogP contribution in [0.15, 0.2) is 48.5 Å². The first-order chi connectivity index (χ1) is 17.0. The van der Waals surface area contributed by atoms with Gasteiger partial charge in [-0.25, -0.2) is 18.6 Å². The molecule has 1 aromatic heterocycles. The number of benzene rings is 2. The highest BCUT2D eigenvalue weighted by Crippen LogP contribution is 2.36. The molecule has 2 amide bonds. The SMILES string of the molecule is O=C(N[C@H]1CCc2c(C(=O)Nc3ccc(F)c(Cl)c3)ccc(F)c21)OCc1cccc(C(F)(F)F)n1. The highest BCUT2D eigenvalue weighted by molar-refractivity contribution is 6.31. The lowest BCUT2D eigenvalue weighted by Crippen LogP contribution is -2.28. The fraction of sp³-hybridized carbons (Fsp3) is 0.208. The Kier molecular flexibility index (Phi) is 7.11. The molecule has 1 aliphatic rings. The number of hydrogen-bond donors (Lipinski definition) is 2. The first-order valence-electron chi connectivity index (χ1n) is 10.6. The third-order valence-electron chi connectivity index (χ3n) is 5.50. The van der Waals surface area contributed by atoms with E-state index in [2.05, 4.69) is 15.6 Å². The van der Waals surface area contributed by atoms with Gasteiger partial charge in [0.2, 0.25) is 0 Å². The number of alkyl halides is 3. The number of halogens is 6. The van der Waals surface area contributed by atoms with Crippen molar-refractivity contribution >= 4 is 29.3 Å². The van der Waals surface area contributed by atoms with Gasteiger partial charge in [0.05, 0.1) is 16.8 Å². The van der Waals surface area contributed by atoms with Gasteiger partial charge < -0.3 is 15.4 Å². The van der Waals surface area contributed by atoms with Crippen LogP contribution in [0.2, 0.25) is 5.02 Å². The van der Waals surface area contributed by atoms with Gasteiger partial charge in [0, 0.05) is 16.8 Å². The van der Waals surface area contributed by atoms with Crippen LogP contribution >= 0.6 is 11.6 Å². The van der Waals surface area contributed by atoms with Crippen LogP contribution in [0.3, 0.4) is 0 Å². The molecule has 3 aromatic rings. The summed E-state index contributed by atoms with van der Waals surface area (Å²) < 4.78 is 71.4. The van der Waals surface area contributed by atoms with Crippen molar-refractivity contribution in [3.05, 3.63) is 93.3 Å². The Morgan fingerprint density at radius 3 is 2.56 bits per heavy atom. The van der Waals surface area contributed by atoms with Crippen molar-refractivity contribution in [2.45, 2.75) is 31.7 Å². The number of amides is 2. The van der Waals surface area contributed by atoms with Crippen LogP contribution in [0, 0.1) is 11.6 Å². The molecule has 1 heterocycles. The van der Waals surface area contributed by atoms with Crippen LogP contribution in [0.4, 0.5) is 32.4 Å². The lowest BCUT2D eigenvalue weighted by atomic mass is 10.0. The molecule has 0 fully saturated rings. The fourth-order valence-corrected chi connectivity index (χ4v) is 4.07. The summed E-state index contributed by atoms with van der Waals surface area (Å²) in [6, 6.07) is 8.41.